The maximum Gasteiger partial charge on any atom is 0.248 e. The number of hydrogen-bond donors (Lipinski definition) is 1. The zero-order chi connectivity index (χ0) is 22.9. The predicted molar refractivity (Wildman–Crippen MR) is 132 cm³/mol. The van der Waals surface area contributed by atoms with Crippen molar-refractivity contribution in [2.24, 2.45) is 0 Å². The van der Waals surface area contributed by atoms with Gasteiger partial charge >= 0.3 is 0 Å². The number of aliphatic hydroxyl groups excluding tert-OH is 1. The lowest BCUT2D eigenvalue weighted by Crippen LogP contribution is -2.01. The topological polar surface area (TPSA) is 73.3 Å². The Morgan fingerprint density at radius 2 is 1.35 bits per heavy atom. The van der Waals surface area contributed by atoms with Gasteiger partial charge in [0.2, 0.25) is 11.8 Å². The first-order chi connectivity index (χ1) is 16.8. The lowest BCUT2D eigenvalue weighted by atomic mass is 10.2. The Hall–Kier alpha value is -4.42. The molecule has 0 atom stereocenters. The summed E-state index contributed by atoms with van der Waals surface area (Å²) < 4.78 is 13.7. The molecule has 4 aromatic carbocycles. The summed E-state index contributed by atoms with van der Waals surface area (Å²) >= 11 is 0. The molecule has 0 saturated heterocycles. The molecule has 6 heteroatoms. The number of rotatable bonds is 6. The number of hydrogen-bond acceptors (Lipinski definition) is 5. The summed E-state index contributed by atoms with van der Waals surface area (Å²) in [7, 11) is 0. The molecule has 0 aliphatic carbocycles. The summed E-state index contributed by atoms with van der Waals surface area (Å²) in [5, 5.41) is 19.9. The number of aromatic nitrogens is 3. The van der Waals surface area contributed by atoms with E-state index in [9.17, 15) is 0 Å². The minimum Gasteiger partial charge on any atom is -0.491 e. The van der Waals surface area contributed by atoms with E-state index >= 15 is 0 Å². The molecule has 1 N–H and O–H groups in total. The summed E-state index contributed by atoms with van der Waals surface area (Å²) in [4.78, 5) is 0. The molecule has 0 spiro atoms. The van der Waals surface area contributed by atoms with Crippen LogP contribution in [-0.4, -0.2) is 33.1 Å². The van der Waals surface area contributed by atoms with E-state index in [1.165, 1.54) is 21.8 Å². The fraction of sp³-hybridized carbons (Fsp3) is 0.0714. The van der Waals surface area contributed by atoms with Crippen molar-refractivity contribution in [2.75, 3.05) is 13.2 Å². The van der Waals surface area contributed by atoms with Crippen LogP contribution in [0.3, 0.4) is 0 Å². The summed E-state index contributed by atoms with van der Waals surface area (Å²) in [6.45, 7) is 0.191. The average Bonchev–Trinajstić information content (AvgIpc) is 3.52. The van der Waals surface area contributed by atoms with Gasteiger partial charge in [0.05, 0.1) is 17.6 Å². The maximum absolute atomic E-state index is 8.96. The van der Waals surface area contributed by atoms with E-state index in [0.717, 1.165) is 16.8 Å². The minimum atomic E-state index is -0.0421. The molecule has 2 heterocycles. The molecule has 6 aromatic rings. The minimum absolute atomic E-state index is 0.0421. The van der Waals surface area contributed by atoms with Crippen molar-refractivity contribution in [1.29, 1.82) is 0 Å². The van der Waals surface area contributed by atoms with Gasteiger partial charge in [0.1, 0.15) is 12.4 Å². The van der Waals surface area contributed by atoms with Gasteiger partial charge in [-0.1, -0.05) is 42.5 Å². The number of benzene rings is 4. The average molecular weight is 447 g/mol. The number of para-hydroxylation sites is 2. The highest BCUT2D eigenvalue weighted by atomic mass is 16.5. The van der Waals surface area contributed by atoms with Gasteiger partial charge in [0.15, 0.2) is 0 Å². The molecule has 0 unspecified atom stereocenters. The Balaban J connectivity index is 1.34. The largest absolute Gasteiger partial charge is 0.491 e. The van der Waals surface area contributed by atoms with Gasteiger partial charge < -0.3 is 18.8 Å². The van der Waals surface area contributed by atoms with Crippen LogP contribution in [0.15, 0.2) is 101 Å². The SMILES string of the molecule is OCCOc1cccc(-c2nnc(-c3ccc(-n4c5ccccc5c5ccccc54)cc3)o2)c1. The fourth-order valence-electron chi connectivity index (χ4n) is 4.29. The number of ether oxygens (including phenoxy) is 1. The molecule has 0 radical (unpaired) electrons. The highest BCUT2D eigenvalue weighted by Crippen LogP contribution is 2.33. The van der Waals surface area contributed by atoms with Gasteiger partial charge in [0.25, 0.3) is 0 Å². The summed E-state index contributed by atoms with van der Waals surface area (Å²) in [6, 6.07) is 32.4. The highest BCUT2D eigenvalue weighted by molar-refractivity contribution is 6.09. The predicted octanol–water partition coefficient (Wildman–Crippen LogP) is 5.87. The first-order valence-corrected chi connectivity index (χ1v) is 11.1. The van der Waals surface area contributed by atoms with Crippen LogP contribution in [0.2, 0.25) is 0 Å². The van der Waals surface area contributed by atoms with Crippen molar-refractivity contribution < 1.29 is 14.3 Å². The van der Waals surface area contributed by atoms with E-state index < -0.39 is 0 Å². The van der Waals surface area contributed by atoms with Crippen LogP contribution < -0.4 is 4.74 Å². The van der Waals surface area contributed by atoms with E-state index in [0.29, 0.717) is 17.5 Å². The Morgan fingerprint density at radius 3 is 2.03 bits per heavy atom. The number of aliphatic hydroxyl groups is 1. The second kappa shape index (κ2) is 8.50. The van der Waals surface area contributed by atoms with E-state index in [1.54, 1.807) is 0 Å². The van der Waals surface area contributed by atoms with Crippen molar-refractivity contribution in [3.63, 3.8) is 0 Å². The van der Waals surface area contributed by atoms with Crippen molar-refractivity contribution in [1.82, 2.24) is 14.8 Å². The third kappa shape index (κ3) is 3.50. The molecule has 0 bridgehead atoms. The van der Waals surface area contributed by atoms with Gasteiger partial charge in [-0.25, -0.2) is 0 Å². The Kier molecular flexibility index (Phi) is 5.05. The molecule has 0 amide bonds. The van der Waals surface area contributed by atoms with Crippen LogP contribution >= 0.6 is 0 Å². The van der Waals surface area contributed by atoms with Crippen molar-refractivity contribution in [3.8, 4) is 34.3 Å². The Morgan fingerprint density at radius 1 is 0.706 bits per heavy atom. The molecule has 6 nitrogen and oxygen atoms in total. The van der Waals surface area contributed by atoms with Gasteiger partial charge in [-0.2, -0.15) is 0 Å². The first-order valence-electron chi connectivity index (χ1n) is 11.1. The third-order valence-electron chi connectivity index (χ3n) is 5.82. The van der Waals surface area contributed by atoms with Crippen LogP contribution in [-0.2, 0) is 0 Å². The first kappa shape index (κ1) is 20.2. The van der Waals surface area contributed by atoms with E-state index in [2.05, 4.69) is 75.4 Å². The van der Waals surface area contributed by atoms with Crippen LogP contribution in [0.25, 0.3) is 50.4 Å². The van der Waals surface area contributed by atoms with Gasteiger partial charge in [-0.15, -0.1) is 10.2 Å². The third-order valence-corrected chi connectivity index (χ3v) is 5.82. The van der Waals surface area contributed by atoms with Crippen LogP contribution in [0, 0.1) is 0 Å². The standard InChI is InChI=1S/C28H21N3O3/c32-16-17-33-22-7-5-6-20(18-22)28-30-29-27(34-28)19-12-14-21(15-13-19)31-25-10-3-1-8-23(25)24-9-2-4-11-26(24)31/h1-15,18,32H,16-17H2. The van der Waals surface area contributed by atoms with E-state index in [-0.39, 0.29) is 13.2 Å². The molecule has 0 aliphatic heterocycles. The molecular weight excluding hydrogens is 426 g/mol. The van der Waals surface area contributed by atoms with E-state index in [1.807, 2.05) is 36.4 Å². The summed E-state index contributed by atoms with van der Waals surface area (Å²) in [5.74, 6) is 1.50. The second-order valence-electron chi connectivity index (χ2n) is 7.93. The Labute approximate surface area is 195 Å². The molecule has 34 heavy (non-hydrogen) atoms. The zero-order valence-electron chi connectivity index (χ0n) is 18.3. The fourth-order valence-corrected chi connectivity index (χ4v) is 4.29. The number of fused-ring (bicyclic) bond motifs is 3. The van der Waals surface area contributed by atoms with Gasteiger partial charge in [0, 0.05) is 27.6 Å². The molecule has 2 aromatic heterocycles. The normalized spacial score (nSPS) is 11.3. The zero-order valence-corrected chi connectivity index (χ0v) is 18.3. The molecule has 0 aliphatic rings. The summed E-state index contributed by atoms with van der Waals surface area (Å²) in [5.41, 5.74) is 5.00. The molecule has 0 fully saturated rings. The molecule has 6 rings (SSSR count). The van der Waals surface area contributed by atoms with Crippen LogP contribution in [0.4, 0.5) is 0 Å². The van der Waals surface area contributed by atoms with Crippen molar-refractivity contribution in [2.45, 2.75) is 0 Å². The summed E-state index contributed by atoms with van der Waals surface area (Å²) in [6.07, 6.45) is 0. The van der Waals surface area contributed by atoms with Crippen molar-refractivity contribution in [3.05, 3.63) is 97.1 Å². The number of nitrogens with zero attached hydrogens (tertiary/aromatic N) is 3. The lowest BCUT2D eigenvalue weighted by molar-refractivity contribution is 0.201. The van der Waals surface area contributed by atoms with Gasteiger partial charge in [-0.05, 0) is 54.6 Å². The molecular formula is C28H21N3O3. The maximum atomic E-state index is 8.96. The Bertz CT molecular complexity index is 1550. The monoisotopic (exact) mass is 447 g/mol. The van der Waals surface area contributed by atoms with Crippen LogP contribution in [0.5, 0.6) is 5.75 Å². The second-order valence-corrected chi connectivity index (χ2v) is 7.93. The molecule has 0 saturated carbocycles. The van der Waals surface area contributed by atoms with E-state index in [4.69, 9.17) is 14.3 Å². The quantitative estimate of drug-likeness (QED) is 0.346. The molecule has 166 valence electrons. The van der Waals surface area contributed by atoms with Gasteiger partial charge in [-0.3, -0.25) is 0 Å². The lowest BCUT2D eigenvalue weighted by Gasteiger charge is -2.08. The highest BCUT2D eigenvalue weighted by Gasteiger charge is 2.14. The van der Waals surface area contributed by atoms with Crippen molar-refractivity contribution >= 4 is 21.8 Å². The smallest absolute Gasteiger partial charge is 0.248 e. The van der Waals surface area contributed by atoms with Crippen LogP contribution in [0.1, 0.15) is 0 Å².